The van der Waals surface area contributed by atoms with Gasteiger partial charge in [-0.15, -0.1) is 0 Å². The molecule has 0 aromatic heterocycles. The van der Waals surface area contributed by atoms with Crippen molar-refractivity contribution in [2.24, 2.45) is 46.3 Å². The zero-order valence-electron chi connectivity index (χ0n) is 30.7. The molecule has 3 saturated carbocycles. The number of carboxylic acid groups (broad SMARTS) is 1. The Balaban J connectivity index is 1.25. The summed E-state index contributed by atoms with van der Waals surface area (Å²) in [5.41, 5.74) is 3.96. The third-order valence-electron chi connectivity index (χ3n) is 13.7. The number of rotatable bonds is 13. The zero-order chi connectivity index (χ0) is 36.8. The molecule has 0 bridgehead atoms. The van der Waals surface area contributed by atoms with Gasteiger partial charge in [-0.05, 0) is 127 Å². The highest BCUT2D eigenvalue weighted by Crippen LogP contribution is 2.67. The van der Waals surface area contributed by atoms with E-state index in [-0.39, 0.29) is 34.7 Å². The number of amides is 1. The van der Waals surface area contributed by atoms with Gasteiger partial charge in [0.25, 0.3) is 0 Å². The van der Waals surface area contributed by atoms with E-state index in [4.69, 9.17) is 13.7 Å². The Kier molecular flexibility index (Phi) is 11.3. The summed E-state index contributed by atoms with van der Waals surface area (Å²) in [6.45, 7) is 15.3. The molecule has 0 heterocycles. The minimum atomic E-state index is -4.52. The highest BCUT2D eigenvalue weighted by molar-refractivity contribution is 7.80. The zero-order valence-corrected chi connectivity index (χ0v) is 31.6. The van der Waals surface area contributed by atoms with E-state index in [1.54, 1.807) is 36.9 Å². The number of allylic oxidation sites excluding steroid dienone is 1. The third kappa shape index (κ3) is 7.30. The number of hydrogen-bond acceptors (Lipinski definition) is 7. The molecular formula is C39H57NO9S. The lowest BCUT2D eigenvalue weighted by molar-refractivity contribution is -0.141. The molecule has 1 unspecified atom stereocenters. The van der Waals surface area contributed by atoms with Crippen molar-refractivity contribution in [2.45, 2.75) is 111 Å². The van der Waals surface area contributed by atoms with Crippen molar-refractivity contribution in [1.82, 2.24) is 5.32 Å². The molecule has 4 aliphatic carbocycles. The highest BCUT2D eigenvalue weighted by Gasteiger charge is 2.60. The first-order chi connectivity index (χ1) is 23.4. The first-order valence-corrected chi connectivity index (χ1v) is 19.6. The summed E-state index contributed by atoms with van der Waals surface area (Å²) >= 11 is 0. The van der Waals surface area contributed by atoms with E-state index in [0.717, 1.165) is 51.4 Å². The molecule has 0 radical (unpaired) electrons. The number of aliphatic carboxylic acids is 1. The molecule has 3 N–H and O–H groups in total. The fourth-order valence-corrected chi connectivity index (χ4v) is 11.3. The lowest BCUT2D eigenvalue weighted by Gasteiger charge is -2.60. The molecule has 0 spiro atoms. The second-order valence-corrected chi connectivity index (χ2v) is 17.2. The van der Waals surface area contributed by atoms with E-state index < -0.39 is 34.4 Å². The maximum Gasteiger partial charge on any atom is 0.397 e. The van der Waals surface area contributed by atoms with Crippen molar-refractivity contribution in [3.63, 3.8) is 0 Å². The smallest absolute Gasteiger partial charge is 0.397 e. The summed E-state index contributed by atoms with van der Waals surface area (Å²) in [5.74, 6) is 0.373. The number of ether oxygens (including phenoxy) is 2. The van der Waals surface area contributed by atoms with Crippen LogP contribution in [-0.4, -0.2) is 56.4 Å². The van der Waals surface area contributed by atoms with Crippen LogP contribution in [0.3, 0.4) is 0 Å². The normalized spacial score (nSPS) is 34.1. The van der Waals surface area contributed by atoms with Gasteiger partial charge in [0, 0.05) is 12.7 Å². The molecular weight excluding hydrogens is 658 g/mol. The van der Waals surface area contributed by atoms with E-state index in [2.05, 4.69) is 39.6 Å². The van der Waals surface area contributed by atoms with Gasteiger partial charge in [-0.2, -0.15) is 8.42 Å². The van der Waals surface area contributed by atoms with Gasteiger partial charge in [-0.1, -0.05) is 58.9 Å². The average Bonchev–Trinajstić information content (AvgIpc) is 3.43. The molecule has 0 saturated heterocycles. The summed E-state index contributed by atoms with van der Waals surface area (Å²) in [5, 5.41) is 12.5. The van der Waals surface area contributed by atoms with Crippen LogP contribution in [0.25, 0.3) is 0 Å². The number of carboxylic acids is 1. The van der Waals surface area contributed by atoms with E-state index in [1.165, 1.54) is 12.7 Å². The second kappa shape index (κ2) is 14.7. The summed E-state index contributed by atoms with van der Waals surface area (Å²) in [6, 6.07) is 5.43. The fourth-order valence-electron chi connectivity index (χ4n) is 10.7. The van der Waals surface area contributed by atoms with Gasteiger partial charge in [0.05, 0.1) is 19.3 Å². The van der Waals surface area contributed by atoms with Crippen molar-refractivity contribution >= 4 is 22.3 Å². The first-order valence-electron chi connectivity index (χ1n) is 18.2. The Morgan fingerprint density at radius 3 is 2.34 bits per heavy atom. The number of fused-ring (bicyclic) bond motifs is 4. The van der Waals surface area contributed by atoms with Crippen molar-refractivity contribution in [2.75, 3.05) is 14.2 Å². The van der Waals surface area contributed by atoms with Gasteiger partial charge in [-0.3, -0.25) is 9.35 Å². The fraction of sp³-hybridized carbons (Fsp3) is 0.692. The van der Waals surface area contributed by atoms with Gasteiger partial charge >= 0.3 is 16.4 Å². The van der Waals surface area contributed by atoms with Crippen LogP contribution in [0.4, 0.5) is 0 Å². The molecule has 1 amide bonds. The van der Waals surface area contributed by atoms with Crippen LogP contribution in [0, 0.1) is 46.3 Å². The molecule has 1 aromatic carbocycles. The molecule has 5 rings (SSSR count). The molecule has 11 heteroatoms. The largest absolute Gasteiger partial charge is 0.497 e. The summed E-state index contributed by atoms with van der Waals surface area (Å²) < 4.78 is 49.2. The standard InChI is InChI=1S/C39H57NO9S/c1-22(24(3)36(41)40-35(37(42)43)26-11-13-27(47-7)14-12-26)9-10-23(2)28-15-16-29-34-30(17-19-38(28,29)5)39(6)20-18-32(49-50(44,45)46)25(4)31(39)21-33(34)48-8/h11-14,22-23,25,28,30-33,35H,3,9-10,15-21H2,1-2,4-8H3,(H,40,41)(H,42,43)(H,44,45,46)/t22?,23-,25+,28-,30+,31+,32+,33-,35+,38-,39-/m1/s1. The van der Waals surface area contributed by atoms with Crippen LogP contribution < -0.4 is 10.1 Å². The topological polar surface area (TPSA) is 148 Å². The second-order valence-electron chi connectivity index (χ2n) is 16.1. The molecule has 3 fully saturated rings. The Morgan fingerprint density at radius 2 is 1.74 bits per heavy atom. The van der Waals surface area contributed by atoms with E-state index in [0.29, 0.717) is 41.1 Å². The predicted molar refractivity (Wildman–Crippen MR) is 191 cm³/mol. The van der Waals surface area contributed by atoms with Gasteiger partial charge in [0.15, 0.2) is 6.04 Å². The SMILES string of the molecule is C=C(C(=O)N[C@H](C(=O)O)c1ccc(OC)cc1)C(C)CC[C@@H](C)[C@H]1CCC2=C3[C@H](OC)C[C@H]4[C@H](C)[C@@H](OS(=O)(=O)O)CC[C@]4(C)[C@H]3CC[C@@]21C. The molecule has 1 aromatic rings. The van der Waals surface area contributed by atoms with Crippen molar-refractivity contribution in [1.29, 1.82) is 0 Å². The Labute approximate surface area is 298 Å². The lowest BCUT2D eigenvalue weighted by Crippen LogP contribution is -2.55. The van der Waals surface area contributed by atoms with Crippen LogP contribution in [0.15, 0.2) is 47.6 Å². The number of hydrogen-bond donors (Lipinski definition) is 3. The number of benzene rings is 1. The van der Waals surface area contributed by atoms with Gasteiger partial charge in [0.2, 0.25) is 5.91 Å². The van der Waals surface area contributed by atoms with Gasteiger partial charge < -0.3 is 19.9 Å². The third-order valence-corrected chi connectivity index (χ3v) is 14.2. The first kappa shape index (κ1) is 38.5. The van der Waals surface area contributed by atoms with Crippen molar-refractivity contribution in [3.05, 3.63) is 53.1 Å². The summed E-state index contributed by atoms with van der Waals surface area (Å²) in [4.78, 5) is 25.2. The molecule has 11 atom stereocenters. The minimum absolute atomic E-state index is 0.00425. The van der Waals surface area contributed by atoms with Crippen LogP contribution in [0.2, 0.25) is 0 Å². The van der Waals surface area contributed by atoms with E-state index in [1.807, 2.05) is 6.92 Å². The molecule has 10 nitrogen and oxygen atoms in total. The van der Waals surface area contributed by atoms with Gasteiger partial charge in [0.1, 0.15) is 5.75 Å². The molecule has 0 aliphatic heterocycles. The van der Waals surface area contributed by atoms with Gasteiger partial charge in [-0.25, -0.2) is 8.98 Å². The maximum atomic E-state index is 13.2. The predicted octanol–water partition coefficient (Wildman–Crippen LogP) is 7.33. The van der Waals surface area contributed by atoms with Crippen LogP contribution in [0.1, 0.15) is 104 Å². The number of methoxy groups -OCH3 is 2. The van der Waals surface area contributed by atoms with Crippen molar-refractivity contribution < 1.29 is 41.3 Å². The average molecular weight is 716 g/mol. The molecule has 4 aliphatic rings. The number of carbonyl (C=O) groups is 2. The van der Waals surface area contributed by atoms with Crippen molar-refractivity contribution in [3.8, 4) is 5.75 Å². The summed E-state index contributed by atoms with van der Waals surface area (Å²) in [7, 11) is -1.19. The minimum Gasteiger partial charge on any atom is -0.497 e. The Morgan fingerprint density at radius 1 is 1.06 bits per heavy atom. The highest BCUT2D eigenvalue weighted by atomic mass is 32.3. The van der Waals surface area contributed by atoms with E-state index >= 15 is 0 Å². The Bertz CT molecular complexity index is 1590. The lowest BCUT2D eigenvalue weighted by atomic mass is 9.46. The number of carbonyl (C=O) groups excluding carboxylic acids is 1. The van der Waals surface area contributed by atoms with E-state index in [9.17, 15) is 27.7 Å². The van der Waals surface area contributed by atoms with Crippen LogP contribution in [-0.2, 0) is 28.9 Å². The Hall–Kier alpha value is -2.73. The maximum absolute atomic E-state index is 13.2. The quantitative estimate of drug-likeness (QED) is 0.108. The van der Waals surface area contributed by atoms with Crippen LogP contribution >= 0.6 is 0 Å². The molecule has 50 heavy (non-hydrogen) atoms. The summed E-state index contributed by atoms with van der Waals surface area (Å²) in [6.07, 6.45) is 7.73. The monoisotopic (exact) mass is 715 g/mol. The number of nitrogens with one attached hydrogen (secondary N) is 1. The molecule has 278 valence electrons. The van der Waals surface area contributed by atoms with Crippen LogP contribution in [0.5, 0.6) is 5.75 Å².